The van der Waals surface area contributed by atoms with Crippen LogP contribution in [0.2, 0.25) is 0 Å². The fourth-order valence-corrected chi connectivity index (χ4v) is 2.50. The SMILES string of the molecule is CN(C(=O)c1ccncc1)c1ccc(CNc2ccc(C(F)(F)F)cn2)cc1. The maximum Gasteiger partial charge on any atom is 0.417 e. The quantitative estimate of drug-likeness (QED) is 0.707. The second kappa shape index (κ2) is 8.08. The smallest absolute Gasteiger partial charge is 0.366 e. The number of nitrogens with zero attached hydrogens (tertiary/aromatic N) is 3. The lowest BCUT2D eigenvalue weighted by atomic mass is 10.1. The number of benzene rings is 1. The van der Waals surface area contributed by atoms with Crippen LogP contribution in [-0.2, 0) is 12.7 Å². The lowest BCUT2D eigenvalue weighted by Crippen LogP contribution is -2.26. The molecule has 0 spiro atoms. The number of carbonyl (C=O) groups is 1. The molecule has 0 aliphatic rings. The van der Waals surface area contributed by atoms with Gasteiger partial charge in [0.25, 0.3) is 5.91 Å². The van der Waals surface area contributed by atoms with Gasteiger partial charge in [-0.15, -0.1) is 0 Å². The summed E-state index contributed by atoms with van der Waals surface area (Å²) in [5.41, 5.74) is 1.37. The average Bonchev–Trinajstić information content (AvgIpc) is 2.72. The highest BCUT2D eigenvalue weighted by molar-refractivity contribution is 6.05. The molecule has 0 atom stereocenters. The number of hydrogen-bond acceptors (Lipinski definition) is 4. The Bertz CT molecular complexity index is 926. The summed E-state index contributed by atoms with van der Waals surface area (Å²) < 4.78 is 37.6. The monoisotopic (exact) mass is 386 g/mol. The molecule has 5 nitrogen and oxygen atoms in total. The third-order valence-electron chi connectivity index (χ3n) is 4.12. The lowest BCUT2D eigenvalue weighted by molar-refractivity contribution is -0.137. The Morgan fingerprint density at radius 3 is 2.29 bits per heavy atom. The van der Waals surface area contributed by atoms with Crippen molar-refractivity contribution in [2.75, 3.05) is 17.3 Å². The van der Waals surface area contributed by atoms with Crippen LogP contribution in [0.15, 0.2) is 67.1 Å². The Morgan fingerprint density at radius 2 is 1.71 bits per heavy atom. The number of carbonyl (C=O) groups excluding carboxylic acids is 1. The van der Waals surface area contributed by atoms with Gasteiger partial charge in [0.15, 0.2) is 0 Å². The number of alkyl halides is 3. The largest absolute Gasteiger partial charge is 0.417 e. The zero-order chi connectivity index (χ0) is 20.1. The third kappa shape index (κ3) is 4.64. The van der Waals surface area contributed by atoms with Gasteiger partial charge < -0.3 is 10.2 Å². The summed E-state index contributed by atoms with van der Waals surface area (Å²) >= 11 is 0. The van der Waals surface area contributed by atoms with Crippen molar-refractivity contribution in [3.8, 4) is 0 Å². The number of nitrogens with one attached hydrogen (secondary N) is 1. The van der Waals surface area contributed by atoms with E-state index in [1.807, 2.05) is 12.1 Å². The Labute approximate surface area is 159 Å². The summed E-state index contributed by atoms with van der Waals surface area (Å²) in [4.78, 5) is 21.6. The van der Waals surface area contributed by atoms with Crippen molar-refractivity contribution in [1.29, 1.82) is 0 Å². The molecular weight excluding hydrogens is 369 g/mol. The van der Waals surface area contributed by atoms with E-state index in [1.165, 1.54) is 11.0 Å². The number of rotatable bonds is 5. The molecule has 0 aliphatic heterocycles. The summed E-state index contributed by atoms with van der Waals surface area (Å²) in [7, 11) is 1.68. The molecule has 1 aromatic carbocycles. The molecule has 0 bridgehead atoms. The van der Waals surface area contributed by atoms with Gasteiger partial charge in [-0.05, 0) is 42.0 Å². The van der Waals surface area contributed by atoms with Gasteiger partial charge in [0.05, 0.1) is 5.56 Å². The van der Waals surface area contributed by atoms with E-state index in [0.29, 0.717) is 17.9 Å². The van der Waals surface area contributed by atoms with Crippen LogP contribution < -0.4 is 10.2 Å². The van der Waals surface area contributed by atoms with Crippen LogP contribution >= 0.6 is 0 Å². The Kier molecular flexibility index (Phi) is 5.58. The summed E-state index contributed by atoms with van der Waals surface area (Å²) in [6, 6.07) is 12.8. The highest BCUT2D eigenvalue weighted by Crippen LogP contribution is 2.28. The first-order valence-corrected chi connectivity index (χ1v) is 8.39. The van der Waals surface area contributed by atoms with Gasteiger partial charge in [0.1, 0.15) is 5.82 Å². The molecule has 2 aromatic heterocycles. The van der Waals surface area contributed by atoms with E-state index in [0.717, 1.165) is 23.5 Å². The summed E-state index contributed by atoms with van der Waals surface area (Å²) in [6.45, 7) is 0.390. The maximum absolute atomic E-state index is 12.5. The molecule has 1 N–H and O–H groups in total. The molecule has 0 saturated heterocycles. The summed E-state index contributed by atoms with van der Waals surface area (Å²) in [6.07, 6.45) is -0.484. The number of anilines is 2. The second-order valence-electron chi connectivity index (χ2n) is 6.05. The molecule has 3 aromatic rings. The first kappa shape index (κ1) is 19.3. The van der Waals surface area contributed by atoms with Gasteiger partial charge in [-0.3, -0.25) is 9.78 Å². The number of aromatic nitrogens is 2. The van der Waals surface area contributed by atoms with E-state index >= 15 is 0 Å². The highest BCUT2D eigenvalue weighted by atomic mass is 19.4. The molecule has 0 aliphatic carbocycles. The zero-order valence-corrected chi connectivity index (χ0v) is 14.9. The van der Waals surface area contributed by atoms with Gasteiger partial charge in [-0.25, -0.2) is 4.98 Å². The molecule has 1 amide bonds. The van der Waals surface area contributed by atoms with E-state index < -0.39 is 11.7 Å². The molecule has 0 radical (unpaired) electrons. The minimum absolute atomic E-state index is 0.151. The van der Waals surface area contributed by atoms with Crippen molar-refractivity contribution in [2.24, 2.45) is 0 Å². The van der Waals surface area contributed by atoms with Crippen LogP contribution in [0, 0.1) is 0 Å². The Balaban J connectivity index is 1.61. The van der Waals surface area contributed by atoms with Crippen LogP contribution in [-0.4, -0.2) is 22.9 Å². The van der Waals surface area contributed by atoms with E-state index in [2.05, 4.69) is 15.3 Å². The molecule has 2 heterocycles. The minimum atomic E-state index is -4.40. The van der Waals surface area contributed by atoms with E-state index in [-0.39, 0.29) is 5.91 Å². The van der Waals surface area contributed by atoms with Gasteiger partial charge in [0, 0.05) is 43.4 Å². The summed E-state index contributed by atoms with van der Waals surface area (Å²) in [5.74, 6) is 0.198. The average molecular weight is 386 g/mol. The third-order valence-corrected chi connectivity index (χ3v) is 4.12. The zero-order valence-electron chi connectivity index (χ0n) is 14.9. The van der Waals surface area contributed by atoms with Crippen LogP contribution in [0.25, 0.3) is 0 Å². The highest BCUT2D eigenvalue weighted by Gasteiger charge is 2.30. The van der Waals surface area contributed by atoms with Gasteiger partial charge in [-0.2, -0.15) is 13.2 Å². The number of hydrogen-bond donors (Lipinski definition) is 1. The van der Waals surface area contributed by atoms with E-state index in [1.54, 1.807) is 43.7 Å². The predicted octanol–water partition coefficient (Wildman–Crippen LogP) is 4.38. The van der Waals surface area contributed by atoms with Crippen molar-refractivity contribution in [2.45, 2.75) is 12.7 Å². The normalized spacial score (nSPS) is 11.1. The van der Waals surface area contributed by atoms with Crippen molar-refractivity contribution >= 4 is 17.4 Å². The molecule has 3 rings (SSSR count). The number of pyridine rings is 2. The topological polar surface area (TPSA) is 58.1 Å². The van der Waals surface area contributed by atoms with Crippen LogP contribution in [0.1, 0.15) is 21.5 Å². The lowest BCUT2D eigenvalue weighted by Gasteiger charge is -2.18. The minimum Gasteiger partial charge on any atom is -0.366 e. The molecule has 144 valence electrons. The first-order chi connectivity index (χ1) is 13.3. The maximum atomic E-state index is 12.5. The Morgan fingerprint density at radius 1 is 1.04 bits per heavy atom. The Hall–Kier alpha value is -3.42. The van der Waals surface area contributed by atoms with Crippen LogP contribution in [0.4, 0.5) is 24.7 Å². The predicted molar refractivity (Wildman–Crippen MR) is 100.0 cm³/mol. The number of halogens is 3. The van der Waals surface area contributed by atoms with Crippen LogP contribution in [0.3, 0.4) is 0 Å². The van der Waals surface area contributed by atoms with Crippen LogP contribution in [0.5, 0.6) is 0 Å². The number of amides is 1. The van der Waals surface area contributed by atoms with Gasteiger partial charge >= 0.3 is 6.18 Å². The molecule has 0 saturated carbocycles. The fraction of sp³-hybridized carbons (Fsp3) is 0.150. The molecule has 0 unspecified atom stereocenters. The summed E-state index contributed by atoms with van der Waals surface area (Å²) in [5, 5.41) is 2.97. The van der Waals surface area contributed by atoms with Crippen molar-refractivity contribution in [3.05, 3.63) is 83.8 Å². The van der Waals surface area contributed by atoms with Gasteiger partial charge in [-0.1, -0.05) is 12.1 Å². The second-order valence-corrected chi connectivity index (χ2v) is 6.05. The van der Waals surface area contributed by atoms with E-state index in [4.69, 9.17) is 0 Å². The van der Waals surface area contributed by atoms with E-state index in [9.17, 15) is 18.0 Å². The molecule has 28 heavy (non-hydrogen) atoms. The fourth-order valence-electron chi connectivity index (χ4n) is 2.50. The molecular formula is C20H17F3N4O. The van der Waals surface area contributed by atoms with Crippen molar-refractivity contribution in [1.82, 2.24) is 9.97 Å². The van der Waals surface area contributed by atoms with Crippen molar-refractivity contribution < 1.29 is 18.0 Å². The standard InChI is InChI=1S/C20H17F3N4O/c1-27(19(28)15-8-10-24-11-9-15)17-5-2-14(3-6-17)12-25-18-7-4-16(13-26-18)20(21,22)23/h2-11,13H,12H2,1H3,(H,25,26). The van der Waals surface area contributed by atoms with Gasteiger partial charge in [0.2, 0.25) is 0 Å². The first-order valence-electron chi connectivity index (χ1n) is 8.39. The molecule has 0 fully saturated rings. The van der Waals surface area contributed by atoms with Crippen molar-refractivity contribution in [3.63, 3.8) is 0 Å². The molecule has 8 heteroatoms.